The lowest BCUT2D eigenvalue weighted by Crippen LogP contribution is -2.48. The fraction of sp³-hybridized carbons (Fsp3) is 0.391. The highest BCUT2D eigenvalue weighted by Crippen LogP contribution is 2.43. The lowest BCUT2D eigenvalue weighted by atomic mass is 9.79. The molecular formula is C23H28FN3O. The van der Waals surface area contributed by atoms with Crippen LogP contribution < -0.4 is 10.3 Å². The Kier molecular flexibility index (Phi) is 5.54. The number of hydrogen-bond acceptors (Lipinski definition) is 3. The zero-order chi connectivity index (χ0) is 20.5. The molecule has 0 aliphatic carbocycles. The van der Waals surface area contributed by atoms with Gasteiger partial charge in [0.2, 0.25) is 0 Å². The second kappa shape index (κ2) is 7.74. The maximum Gasteiger partial charge on any atom is 0.271 e. The molecule has 1 aliphatic heterocycles. The molecule has 0 fully saturated rings. The van der Waals surface area contributed by atoms with Gasteiger partial charge in [-0.1, -0.05) is 13.0 Å². The average Bonchev–Trinajstić information content (AvgIpc) is 2.62. The van der Waals surface area contributed by atoms with Crippen LogP contribution in [0.2, 0.25) is 0 Å². The molecule has 4 nitrogen and oxygen atoms in total. The molecule has 0 spiro atoms. The third kappa shape index (κ3) is 3.93. The number of aryl methyl sites for hydroxylation is 1. The first-order valence-corrected chi connectivity index (χ1v) is 9.74. The molecule has 0 saturated carbocycles. The first-order chi connectivity index (χ1) is 13.2. The number of anilines is 1. The third-order valence-electron chi connectivity index (χ3n) is 5.55. The quantitative estimate of drug-likeness (QED) is 0.598. The average molecular weight is 381 g/mol. The van der Waals surface area contributed by atoms with E-state index in [1.54, 1.807) is 12.3 Å². The van der Waals surface area contributed by atoms with Crippen LogP contribution in [-0.2, 0) is 0 Å². The Hall–Kier alpha value is -2.69. The summed E-state index contributed by atoms with van der Waals surface area (Å²) in [6.45, 7) is 12.0. The predicted octanol–water partition coefficient (Wildman–Crippen LogP) is 5.01. The lowest BCUT2D eigenvalue weighted by Gasteiger charge is -2.47. The first kappa shape index (κ1) is 20.1. The van der Waals surface area contributed by atoms with E-state index in [4.69, 9.17) is 0 Å². The van der Waals surface area contributed by atoms with Crippen LogP contribution >= 0.6 is 0 Å². The van der Waals surface area contributed by atoms with Gasteiger partial charge in [-0.2, -0.15) is 5.10 Å². The van der Waals surface area contributed by atoms with Gasteiger partial charge in [-0.3, -0.25) is 4.79 Å². The minimum Gasteiger partial charge on any atom is -0.366 e. The lowest BCUT2D eigenvalue weighted by molar-refractivity contribution is 0.0954. The number of carbonyl (C=O) groups excluding carboxylic acids is 1. The molecule has 1 heterocycles. The van der Waals surface area contributed by atoms with Crippen molar-refractivity contribution in [1.82, 2.24) is 5.43 Å². The third-order valence-corrected chi connectivity index (χ3v) is 5.55. The van der Waals surface area contributed by atoms with Crippen molar-refractivity contribution in [2.24, 2.45) is 5.10 Å². The van der Waals surface area contributed by atoms with Crippen molar-refractivity contribution in [3.8, 4) is 0 Å². The molecule has 2 aromatic carbocycles. The van der Waals surface area contributed by atoms with Gasteiger partial charge in [-0.15, -0.1) is 0 Å². The van der Waals surface area contributed by atoms with Gasteiger partial charge in [-0.25, -0.2) is 9.82 Å². The molecule has 1 N–H and O–H groups in total. The number of halogens is 1. The minimum atomic E-state index is -0.445. The van der Waals surface area contributed by atoms with Gasteiger partial charge >= 0.3 is 0 Å². The van der Waals surface area contributed by atoms with Crippen molar-refractivity contribution in [2.45, 2.75) is 52.5 Å². The Morgan fingerprint density at radius 2 is 2.11 bits per heavy atom. The number of rotatable bonds is 4. The van der Waals surface area contributed by atoms with Crippen LogP contribution in [0.4, 0.5) is 10.1 Å². The van der Waals surface area contributed by atoms with E-state index in [0.717, 1.165) is 24.1 Å². The summed E-state index contributed by atoms with van der Waals surface area (Å²) in [6.07, 6.45) is 2.75. The van der Waals surface area contributed by atoms with Gasteiger partial charge in [0.15, 0.2) is 0 Å². The predicted molar refractivity (Wildman–Crippen MR) is 113 cm³/mol. The Bertz CT molecular complexity index is 920. The van der Waals surface area contributed by atoms with E-state index in [1.807, 2.05) is 0 Å². The number of fused-ring (bicyclic) bond motifs is 1. The second-order valence-corrected chi connectivity index (χ2v) is 8.14. The smallest absolute Gasteiger partial charge is 0.271 e. The summed E-state index contributed by atoms with van der Waals surface area (Å²) in [6, 6.07) is 9.94. The first-order valence-electron chi connectivity index (χ1n) is 9.74. The number of amides is 1. The Morgan fingerprint density at radius 1 is 1.36 bits per heavy atom. The van der Waals surface area contributed by atoms with Gasteiger partial charge in [0.05, 0.1) is 6.21 Å². The summed E-state index contributed by atoms with van der Waals surface area (Å²) in [7, 11) is 0. The highest BCUT2D eigenvalue weighted by atomic mass is 19.1. The Balaban J connectivity index is 1.83. The molecule has 2 aromatic rings. The number of carbonyl (C=O) groups is 1. The fourth-order valence-corrected chi connectivity index (χ4v) is 4.24. The normalized spacial score (nSPS) is 18.2. The van der Waals surface area contributed by atoms with Crippen molar-refractivity contribution >= 4 is 17.8 Å². The molecule has 0 bridgehead atoms. The van der Waals surface area contributed by atoms with Crippen molar-refractivity contribution < 1.29 is 9.18 Å². The van der Waals surface area contributed by atoms with Crippen molar-refractivity contribution in [1.29, 1.82) is 0 Å². The molecule has 0 aromatic heterocycles. The molecule has 3 rings (SSSR count). The highest BCUT2D eigenvalue weighted by Gasteiger charge is 2.35. The van der Waals surface area contributed by atoms with Crippen LogP contribution in [0.25, 0.3) is 0 Å². The maximum atomic E-state index is 13.3. The summed E-state index contributed by atoms with van der Waals surface area (Å²) in [5.41, 5.74) is 7.52. The summed E-state index contributed by atoms with van der Waals surface area (Å²) in [5.74, 6) is -0.430. The molecule has 1 unspecified atom stereocenters. The van der Waals surface area contributed by atoms with E-state index in [2.05, 4.69) is 62.2 Å². The number of nitrogens with one attached hydrogen (secondary N) is 1. The molecule has 5 heteroatoms. The van der Waals surface area contributed by atoms with Crippen LogP contribution in [-0.4, -0.2) is 24.2 Å². The van der Waals surface area contributed by atoms with Crippen LogP contribution in [0, 0.1) is 12.7 Å². The van der Waals surface area contributed by atoms with E-state index in [9.17, 15) is 9.18 Å². The standard InChI is InChI=1S/C23H28FN3O/c1-6-27-21-10-15(2)18(12-20(21)16(3)13-23(27,4)5)14-25-26-22(28)17-8-7-9-19(24)11-17/h7-12,14,16H,6,13H2,1-5H3,(H,26,28)/b25-14+. The molecule has 0 radical (unpaired) electrons. The van der Waals surface area contributed by atoms with E-state index >= 15 is 0 Å². The van der Waals surface area contributed by atoms with Crippen molar-refractivity contribution in [3.63, 3.8) is 0 Å². The summed E-state index contributed by atoms with van der Waals surface area (Å²) >= 11 is 0. The molecule has 1 amide bonds. The van der Waals surface area contributed by atoms with Gasteiger partial charge in [0.1, 0.15) is 5.82 Å². The number of hydrazone groups is 1. The molecule has 1 aliphatic rings. The van der Waals surface area contributed by atoms with Gasteiger partial charge < -0.3 is 4.90 Å². The molecule has 1 atom stereocenters. The van der Waals surface area contributed by atoms with E-state index in [1.165, 1.54) is 29.4 Å². The summed E-state index contributed by atoms with van der Waals surface area (Å²) < 4.78 is 13.3. The second-order valence-electron chi connectivity index (χ2n) is 8.14. The molecule has 28 heavy (non-hydrogen) atoms. The van der Waals surface area contributed by atoms with Gasteiger partial charge in [-0.05, 0) is 87.1 Å². The van der Waals surface area contributed by atoms with Crippen molar-refractivity contribution in [2.75, 3.05) is 11.4 Å². The van der Waals surface area contributed by atoms with Crippen LogP contribution in [0.5, 0.6) is 0 Å². The van der Waals surface area contributed by atoms with E-state index in [-0.39, 0.29) is 11.1 Å². The zero-order valence-corrected chi connectivity index (χ0v) is 17.2. The Labute approximate surface area is 166 Å². The largest absolute Gasteiger partial charge is 0.366 e. The van der Waals surface area contributed by atoms with Crippen molar-refractivity contribution in [3.05, 3.63) is 64.5 Å². The Morgan fingerprint density at radius 3 is 2.79 bits per heavy atom. The SMILES string of the molecule is CCN1c2cc(C)c(/C=N/NC(=O)c3cccc(F)c3)cc2C(C)CC1(C)C. The molecule has 0 saturated heterocycles. The molecule has 148 valence electrons. The van der Waals surface area contributed by atoms with Gasteiger partial charge in [0.25, 0.3) is 5.91 Å². The topological polar surface area (TPSA) is 44.7 Å². The zero-order valence-electron chi connectivity index (χ0n) is 17.2. The van der Waals surface area contributed by atoms with Crippen LogP contribution in [0.1, 0.15) is 67.1 Å². The summed E-state index contributed by atoms with van der Waals surface area (Å²) in [5, 5.41) is 4.09. The van der Waals surface area contributed by atoms with E-state index < -0.39 is 11.7 Å². The summed E-state index contributed by atoms with van der Waals surface area (Å²) in [4.78, 5) is 14.6. The minimum absolute atomic E-state index is 0.127. The molecular weight excluding hydrogens is 353 g/mol. The number of nitrogens with zero attached hydrogens (tertiary/aromatic N) is 2. The highest BCUT2D eigenvalue weighted by molar-refractivity contribution is 5.95. The van der Waals surface area contributed by atoms with Crippen LogP contribution in [0.3, 0.4) is 0 Å². The maximum absolute atomic E-state index is 13.3. The number of benzene rings is 2. The van der Waals surface area contributed by atoms with Crippen LogP contribution in [0.15, 0.2) is 41.5 Å². The monoisotopic (exact) mass is 381 g/mol. The number of hydrogen-bond donors (Lipinski definition) is 1. The van der Waals surface area contributed by atoms with E-state index in [0.29, 0.717) is 5.92 Å². The van der Waals surface area contributed by atoms with Gasteiger partial charge in [0, 0.05) is 23.3 Å². The fourth-order valence-electron chi connectivity index (χ4n) is 4.24.